The Hall–Kier alpha value is -2.26. The summed E-state index contributed by atoms with van der Waals surface area (Å²) in [6.07, 6.45) is 7.71. The SMILES string of the molecule is C=C(NC1CCCCC1)N[C@H]1CN[C@@H](C(c2ccccc2)c2ccccc2)C1. The highest BCUT2D eigenvalue weighted by Gasteiger charge is 2.32. The molecule has 1 heterocycles. The fraction of sp³-hybridized carbons (Fsp3) is 0.440. The van der Waals surface area contributed by atoms with Crippen LogP contribution in [0.4, 0.5) is 0 Å². The molecule has 0 radical (unpaired) electrons. The van der Waals surface area contributed by atoms with E-state index in [4.69, 9.17) is 0 Å². The van der Waals surface area contributed by atoms with Crippen LogP contribution in [-0.4, -0.2) is 24.7 Å². The molecule has 148 valence electrons. The summed E-state index contributed by atoms with van der Waals surface area (Å²) in [6, 6.07) is 23.2. The molecule has 3 heteroatoms. The monoisotopic (exact) mass is 375 g/mol. The third-order valence-corrected chi connectivity index (χ3v) is 6.25. The molecule has 2 fully saturated rings. The summed E-state index contributed by atoms with van der Waals surface area (Å²) in [5.74, 6) is 1.36. The minimum absolute atomic E-state index is 0.369. The highest BCUT2D eigenvalue weighted by molar-refractivity contribution is 5.35. The third-order valence-electron chi connectivity index (χ3n) is 6.25. The van der Waals surface area contributed by atoms with Crippen LogP contribution >= 0.6 is 0 Å². The van der Waals surface area contributed by atoms with Crippen molar-refractivity contribution in [3.63, 3.8) is 0 Å². The number of benzene rings is 2. The first-order valence-corrected chi connectivity index (χ1v) is 10.8. The first kappa shape index (κ1) is 19.1. The summed E-state index contributed by atoms with van der Waals surface area (Å²) in [4.78, 5) is 0. The molecular formula is C25H33N3. The topological polar surface area (TPSA) is 36.1 Å². The summed E-state index contributed by atoms with van der Waals surface area (Å²) < 4.78 is 0. The lowest BCUT2D eigenvalue weighted by Crippen LogP contribution is -2.40. The van der Waals surface area contributed by atoms with E-state index in [1.54, 1.807) is 0 Å². The average molecular weight is 376 g/mol. The van der Waals surface area contributed by atoms with E-state index in [0.717, 1.165) is 18.8 Å². The predicted molar refractivity (Wildman–Crippen MR) is 117 cm³/mol. The Labute approximate surface area is 169 Å². The predicted octanol–water partition coefficient (Wildman–Crippen LogP) is 4.53. The maximum Gasteiger partial charge on any atom is 0.0917 e. The highest BCUT2D eigenvalue weighted by Crippen LogP contribution is 2.32. The van der Waals surface area contributed by atoms with Crippen LogP contribution in [0.2, 0.25) is 0 Å². The molecule has 0 amide bonds. The van der Waals surface area contributed by atoms with Crippen molar-refractivity contribution in [3.05, 3.63) is 84.2 Å². The summed E-state index contributed by atoms with van der Waals surface area (Å²) in [5, 5.41) is 11.0. The molecule has 1 saturated carbocycles. The van der Waals surface area contributed by atoms with Crippen LogP contribution in [0.25, 0.3) is 0 Å². The van der Waals surface area contributed by atoms with Crippen LogP contribution in [0.3, 0.4) is 0 Å². The number of hydrogen-bond donors (Lipinski definition) is 3. The van der Waals surface area contributed by atoms with Crippen molar-refractivity contribution in [1.82, 2.24) is 16.0 Å². The summed E-state index contributed by atoms with van der Waals surface area (Å²) in [6.45, 7) is 5.23. The Kier molecular flexibility index (Phi) is 6.33. The third kappa shape index (κ3) is 4.77. The van der Waals surface area contributed by atoms with E-state index >= 15 is 0 Å². The zero-order chi connectivity index (χ0) is 19.2. The number of rotatable bonds is 7. The molecule has 1 saturated heterocycles. The second kappa shape index (κ2) is 9.29. The zero-order valence-corrected chi connectivity index (χ0v) is 16.7. The van der Waals surface area contributed by atoms with Crippen molar-refractivity contribution < 1.29 is 0 Å². The molecular weight excluding hydrogens is 342 g/mol. The quantitative estimate of drug-likeness (QED) is 0.665. The lowest BCUT2D eigenvalue weighted by Gasteiger charge is -2.27. The van der Waals surface area contributed by atoms with E-state index in [-0.39, 0.29) is 0 Å². The fourth-order valence-electron chi connectivity index (χ4n) is 4.89. The van der Waals surface area contributed by atoms with Crippen LogP contribution < -0.4 is 16.0 Å². The normalized spacial score (nSPS) is 22.9. The molecule has 0 unspecified atom stereocenters. The van der Waals surface area contributed by atoms with Crippen molar-refractivity contribution in [3.8, 4) is 0 Å². The molecule has 3 nitrogen and oxygen atoms in total. The molecule has 1 aliphatic carbocycles. The molecule has 1 aliphatic heterocycles. The summed E-state index contributed by atoms with van der Waals surface area (Å²) in [5.41, 5.74) is 2.76. The van der Waals surface area contributed by atoms with Crippen LogP contribution in [0.1, 0.15) is 55.6 Å². The Balaban J connectivity index is 1.40. The Morgan fingerprint density at radius 3 is 2.00 bits per heavy atom. The molecule has 0 bridgehead atoms. The van der Waals surface area contributed by atoms with E-state index in [1.807, 2.05) is 0 Å². The van der Waals surface area contributed by atoms with Crippen molar-refractivity contribution in [1.29, 1.82) is 0 Å². The van der Waals surface area contributed by atoms with Gasteiger partial charge in [-0.2, -0.15) is 0 Å². The van der Waals surface area contributed by atoms with Crippen molar-refractivity contribution >= 4 is 0 Å². The van der Waals surface area contributed by atoms with E-state index in [1.165, 1.54) is 43.2 Å². The Morgan fingerprint density at radius 2 is 1.39 bits per heavy atom. The van der Waals surface area contributed by atoms with Gasteiger partial charge in [0, 0.05) is 30.6 Å². The van der Waals surface area contributed by atoms with Crippen molar-refractivity contribution in [2.75, 3.05) is 6.54 Å². The second-order valence-corrected chi connectivity index (χ2v) is 8.35. The van der Waals surface area contributed by atoms with Crippen LogP contribution in [0.15, 0.2) is 73.1 Å². The lowest BCUT2D eigenvalue weighted by atomic mass is 9.84. The van der Waals surface area contributed by atoms with Gasteiger partial charge in [-0.1, -0.05) is 86.5 Å². The van der Waals surface area contributed by atoms with Gasteiger partial charge in [-0.15, -0.1) is 0 Å². The van der Waals surface area contributed by atoms with Gasteiger partial charge in [-0.3, -0.25) is 0 Å². The van der Waals surface area contributed by atoms with Gasteiger partial charge in [0.1, 0.15) is 0 Å². The fourth-order valence-corrected chi connectivity index (χ4v) is 4.89. The van der Waals surface area contributed by atoms with Crippen LogP contribution in [0, 0.1) is 0 Å². The molecule has 3 N–H and O–H groups in total. The van der Waals surface area contributed by atoms with E-state index in [9.17, 15) is 0 Å². The first-order chi connectivity index (χ1) is 13.8. The standard InChI is InChI=1S/C25H33N3/c1-19(27-22-15-9-4-10-16-22)28-23-17-24(26-18-23)25(20-11-5-2-6-12-20)21-13-7-3-8-14-21/h2-3,5-8,11-14,22-28H,1,4,9-10,15-18H2/t23-,24-/m1/s1. The summed E-state index contributed by atoms with van der Waals surface area (Å²) >= 11 is 0. The van der Waals surface area contributed by atoms with Gasteiger partial charge in [0.15, 0.2) is 0 Å². The average Bonchev–Trinajstić information content (AvgIpc) is 3.18. The van der Waals surface area contributed by atoms with E-state index in [0.29, 0.717) is 24.0 Å². The molecule has 28 heavy (non-hydrogen) atoms. The molecule has 0 spiro atoms. The molecule has 2 atom stereocenters. The minimum Gasteiger partial charge on any atom is -0.370 e. The maximum atomic E-state index is 4.25. The largest absolute Gasteiger partial charge is 0.370 e. The molecule has 4 rings (SSSR count). The molecule has 0 aromatic heterocycles. The van der Waals surface area contributed by atoms with E-state index in [2.05, 4.69) is 83.2 Å². The Morgan fingerprint density at radius 1 is 0.821 bits per heavy atom. The minimum atomic E-state index is 0.369. The van der Waals surface area contributed by atoms with Crippen molar-refractivity contribution in [2.24, 2.45) is 0 Å². The highest BCUT2D eigenvalue weighted by atomic mass is 15.2. The molecule has 2 aromatic carbocycles. The van der Waals surface area contributed by atoms with Gasteiger partial charge < -0.3 is 16.0 Å². The van der Waals surface area contributed by atoms with Gasteiger partial charge in [0.05, 0.1) is 5.82 Å². The van der Waals surface area contributed by atoms with Gasteiger partial charge >= 0.3 is 0 Å². The van der Waals surface area contributed by atoms with Gasteiger partial charge in [0.2, 0.25) is 0 Å². The van der Waals surface area contributed by atoms with E-state index < -0.39 is 0 Å². The van der Waals surface area contributed by atoms with Crippen molar-refractivity contribution in [2.45, 2.75) is 62.6 Å². The number of nitrogens with one attached hydrogen (secondary N) is 3. The first-order valence-electron chi connectivity index (χ1n) is 10.8. The number of hydrogen-bond acceptors (Lipinski definition) is 3. The maximum absolute atomic E-state index is 4.25. The zero-order valence-electron chi connectivity index (χ0n) is 16.7. The summed E-state index contributed by atoms with van der Waals surface area (Å²) in [7, 11) is 0. The second-order valence-electron chi connectivity index (χ2n) is 8.35. The lowest BCUT2D eigenvalue weighted by molar-refractivity contribution is 0.383. The van der Waals surface area contributed by atoms with Gasteiger partial charge in [-0.25, -0.2) is 0 Å². The van der Waals surface area contributed by atoms with Crippen LogP contribution in [0.5, 0.6) is 0 Å². The van der Waals surface area contributed by atoms with Gasteiger partial charge in [-0.05, 0) is 30.4 Å². The smallest absolute Gasteiger partial charge is 0.0917 e. The molecule has 2 aromatic rings. The molecule has 2 aliphatic rings. The van der Waals surface area contributed by atoms with Gasteiger partial charge in [0.25, 0.3) is 0 Å². The van der Waals surface area contributed by atoms with Crippen LogP contribution in [-0.2, 0) is 0 Å². The Bertz CT molecular complexity index is 697.